The van der Waals surface area contributed by atoms with E-state index in [4.69, 9.17) is 4.74 Å². The van der Waals surface area contributed by atoms with Crippen LogP contribution in [0.2, 0.25) is 0 Å². The highest BCUT2D eigenvalue weighted by molar-refractivity contribution is 5.27. The van der Waals surface area contributed by atoms with Crippen LogP contribution in [0, 0.1) is 0 Å². The minimum atomic E-state index is 0.721. The van der Waals surface area contributed by atoms with Gasteiger partial charge >= 0.3 is 0 Å². The van der Waals surface area contributed by atoms with Crippen LogP contribution in [0.15, 0.2) is 24.3 Å². The minimum Gasteiger partial charge on any atom is -0.494 e. The molecule has 18 heavy (non-hydrogen) atoms. The summed E-state index contributed by atoms with van der Waals surface area (Å²) < 4.78 is 5.43. The first-order valence-electron chi connectivity index (χ1n) is 6.66. The Hall–Kier alpha value is -1.10. The van der Waals surface area contributed by atoms with E-state index in [0.717, 1.165) is 45.1 Å². The quantitative estimate of drug-likeness (QED) is 0.852. The molecule has 1 heterocycles. The topological polar surface area (TPSA) is 27.7 Å². The number of hydrogen-bond acceptors (Lipinski definition) is 4. The lowest BCUT2D eigenvalue weighted by molar-refractivity contribution is 0.102. The van der Waals surface area contributed by atoms with Crippen molar-refractivity contribution in [1.82, 2.24) is 15.3 Å². The van der Waals surface area contributed by atoms with Gasteiger partial charge in [-0.3, -0.25) is 5.43 Å². The van der Waals surface area contributed by atoms with Crippen LogP contribution >= 0.6 is 0 Å². The smallest absolute Gasteiger partial charge is 0.119 e. The van der Waals surface area contributed by atoms with Crippen LogP contribution in [0.5, 0.6) is 5.75 Å². The Kier molecular flexibility index (Phi) is 4.99. The fraction of sp³-hybridized carbons (Fsp3) is 0.571. The number of nitrogens with one attached hydrogen (secondary N) is 1. The largest absolute Gasteiger partial charge is 0.494 e. The van der Waals surface area contributed by atoms with Crippen molar-refractivity contribution in [3.63, 3.8) is 0 Å². The van der Waals surface area contributed by atoms with Crippen LogP contribution in [-0.4, -0.2) is 49.7 Å². The summed E-state index contributed by atoms with van der Waals surface area (Å²) >= 11 is 0. The van der Waals surface area contributed by atoms with E-state index < -0.39 is 0 Å². The van der Waals surface area contributed by atoms with E-state index in [9.17, 15) is 0 Å². The molecule has 0 unspecified atom stereocenters. The summed E-state index contributed by atoms with van der Waals surface area (Å²) in [5.74, 6) is 0.945. The molecule has 2 rings (SSSR count). The van der Waals surface area contributed by atoms with E-state index in [0.29, 0.717) is 0 Å². The average Bonchev–Trinajstić information content (AvgIpc) is 2.40. The molecule has 4 heteroatoms. The second-order valence-corrected chi connectivity index (χ2v) is 4.70. The molecule has 0 amide bonds. The Labute approximate surface area is 109 Å². The third-order valence-corrected chi connectivity index (χ3v) is 3.24. The van der Waals surface area contributed by atoms with Crippen molar-refractivity contribution in [2.24, 2.45) is 0 Å². The minimum absolute atomic E-state index is 0.721. The molecule has 0 bridgehead atoms. The second-order valence-electron chi connectivity index (χ2n) is 4.70. The predicted octanol–water partition coefficient (Wildman–Crippen LogP) is 1.34. The molecule has 1 saturated heterocycles. The number of piperazine rings is 1. The van der Waals surface area contributed by atoms with Gasteiger partial charge in [0.25, 0.3) is 0 Å². The lowest BCUT2D eigenvalue weighted by Crippen LogP contribution is -2.50. The Morgan fingerprint density at radius 3 is 2.39 bits per heavy atom. The molecule has 0 aromatic heterocycles. The van der Waals surface area contributed by atoms with E-state index in [2.05, 4.69) is 34.5 Å². The number of nitrogens with zero attached hydrogens (tertiary/aromatic N) is 2. The monoisotopic (exact) mass is 249 g/mol. The molecule has 0 spiro atoms. The average molecular weight is 249 g/mol. The van der Waals surface area contributed by atoms with Gasteiger partial charge in [-0.1, -0.05) is 12.1 Å². The maximum absolute atomic E-state index is 5.43. The van der Waals surface area contributed by atoms with Gasteiger partial charge in [0.05, 0.1) is 6.61 Å². The number of hydrogen-bond donors (Lipinski definition) is 1. The first kappa shape index (κ1) is 13.3. The number of rotatable bonds is 5. The van der Waals surface area contributed by atoms with Crippen molar-refractivity contribution in [3.8, 4) is 5.75 Å². The summed E-state index contributed by atoms with van der Waals surface area (Å²) in [6.45, 7) is 8.06. The van der Waals surface area contributed by atoms with Gasteiger partial charge in [-0.25, -0.2) is 5.01 Å². The van der Waals surface area contributed by atoms with Gasteiger partial charge in [-0.15, -0.1) is 0 Å². The Morgan fingerprint density at radius 2 is 1.78 bits per heavy atom. The summed E-state index contributed by atoms with van der Waals surface area (Å²) in [6, 6.07) is 8.30. The van der Waals surface area contributed by atoms with Gasteiger partial charge in [0.2, 0.25) is 0 Å². The second kappa shape index (κ2) is 6.73. The molecule has 1 N–H and O–H groups in total. The van der Waals surface area contributed by atoms with E-state index in [1.165, 1.54) is 5.56 Å². The summed E-state index contributed by atoms with van der Waals surface area (Å²) in [5, 5.41) is 2.30. The van der Waals surface area contributed by atoms with Crippen LogP contribution in [0.1, 0.15) is 12.5 Å². The van der Waals surface area contributed by atoms with Crippen LogP contribution in [0.4, 0.5) is 0 Å². The van der Waals surface area contributed by atoms with Gasteiger partial charge in [-0.05, 0) is 31.7 Å². The normalized spacial score (nSPS) is 17.9. The van der Waals surface area contributed by atoms with Crippen LogP contribution in [-0.2, 0) is 6.54 Å². The molecule has 0 saturated carbocycles. The highest BCUT2D eigenvalue weighted by Gasteiger charge is 2.12. The fourth-order valence-corrected chi connectivity index (χ4v) is 2.04. The summed E-state index contributed by atoms with van der Waals surface area (Å²) in [5.41, 5.74) is 4.76. The molecule has 1 aromatic rings. The molecule has 0 aliphatic carbocycles. The molecular weight excluding hydrogens is 226 g/mol. The van der Waals surface area contributed by atoms with E-state index in [-0.39, 0.29) is 0 Å². The van der Waals surface area contributed by atoms with Crippen LogP contribution in [0.25, 0.3) is 0 Å². The Bertz CT molecular complexity index is 345. The van der Waals surface area contributed by atoms with Crippen molar-refractivity contribution in [2.45, 2.75) is 13.5 Å². The molecule has 1 aromatic carbocycles. The molecule has 4 nitrogen and oxygen atoms in total. The zero-order valence-corrected chi connectivity index (χ0v) is 11.4. The highest BCUT2D eigenvalue weighted by Crippen LogP contribution is 2.12. The van der Waals surface area contributed by atoms with Crippen molar-refractivity contribution in [3.05, 3.63) is 29.8 Å². The first-order valence-corrected chi connectivity index (χ1v) is 6.66. The molecule has 100 valence electrons. The highest BCUT2D eigenvalue weighted by atomic mass is 16.5. The molecule has 1 aliphatic rings. The van der Waals surface area contributed by atoms with E-state index in [1.54, 1.807) is 0 Å². The third kappa shape index (κ3) is 3.98. The number of likely N-dealkylation sites (N-methyl/N-ethyl adjacent to an activating group) is 1. The van der Waals surface area contributed by atoms with E-state index in [1.807, 2.05) is 19.1 Å². The molecule has 1 fully saturated rings. The standard InChI is InChI=1S/C14H23N3O/c1-3-18-14-6-4-13(5-7-14)12-15-17-10-8-16(2)9-11-17/h4-7,15H,3,8-12H2,1-2H3. The molecule has 0 radical (unpaired) electrons. The number of benzene rings is 1. The summed E-state index contributed by atoms with van der Waals surface area (Å²) in [6.07, 6.45) is 0. The Morgan fingerprint density at radius 1 is 1.11 bits per heavy atom. The maximum Gasteiger partial charge on any atom is 0.119 e. The molecule has 1 aliphatic heterocycles. The van der Waals surface area contributed by atoms with E-state index >= 15 is 0 Å². The third-order valence-electron chi connectivity index (χ3n) is 3.24. The van der Waals surface area contributed by atoms with Crippen molar-refractivity contribution in [1.29, 1.82) is 0 Å². The zero-order chi connectivity index (χ0) is 12.8. The maximum atomic E-state index is 5.43. The van der Waals surface area contributed by atoms with Gasteiger partial charge in [0.1, 0.15) is 5.75 Å². The van der Waals surface area contributed by atoms with Crippen LogP contribution < -0.4 is 10.2 Å². The van der Waals surface area contributed by atoms with Gasteiger partial charge < -0.3 is 9.64 Å². The molecule has 0 atom stereocenters. The first-order chi connectivity index (χ1) is 8.78. The SMILES string of the molecule is CCOc1ccc(CNN2CCN(C)CC2)cc1. The molecular formula is C14H23N3O. The van der Waals surface area contributed by atoms with Gasteiger partial charge in [0.15, 0.2) is 0 Å². The lowest BCUT2D eigenvalue weighted by Gasteiger charge is -2.32. The number of hydrazine groups is 1. The van der Waals surface area contributed by atoms with Crippen molar-refractivity contribution >= 4 is 0 Å². The summed E-state index contributed by atoms with van der Waals surface area (Å²) in [4.78, 5) is 2.36. The fourth-order valence-electron chi connectivity index (χ4n) is 2.04. The lowest BCUT2D eigenvalue weighted by atomic mass is 10.2. The summed E-state index contributed by atoms with van der Waals surface area (Å²) in [7, 11) is 2.17. The van der Waals surface area contributed by atoms with Crippen LogP contribution in [0.3, 0.4) is 0 Å². The predicted molar refractivity (Wildman–Crippen MR) is 73.5 cm³/mol. The zero-order valence-electron chi connectivity index (χ0n) is 11.4. The van der Waals surface area contributed by atoms with Crippen molar-refractivity contribution in [2.75, 3.05) is 39.8 Å². The van der Waals surface area contributed by atoms with Gasteiger partial charge in [-0.2, -0.15) is 0 Å². The van der Waals surface area contributed by atoms with Crippen molar-refractivity contribution < 1.29 is 4.74 Å². The number of ether oxygens (including phenoxy) is 1. The van der Waals surface area contributed by atoms with Gasteiger partial charge in [0, 0.05) is 32.7 Å². The Balaban J connectivity index is 1.76.